The van der Waals surface area contributed by atoms with Gasteiger partial charge in [0.15, 0.2) is 0 Å². The van der Waals surface area contributed by atoms with E-state index in [9.17, 15) is 21.6 Å². The smallest absolute Gasteiger partial charge is 0.416 e. The van der Waals surface area contributed by atoms with Gasteiger partial charge < -0.3 is 4.74 Å². The number of sulfonamides is 1. The van der Waals surface area contributed by atoms with E-state index in [2.05, 4.69) is 9.97 Å². The first-order valence-electron chi connectivity index (χ1n) is 8.72. The minimum atomic E-state index is -4.61. The van der Waals surface area contributed by atoms with Crippen LogP contribution in [0.15, 0.2) is 35.2 Å². The molecule has 0 aliphatic carbocycles. The summed E-state index contributed by atoms with van der Waals surface area (Å²) in [5.74, 6) is 0. The molecule has 0 unspecified atom stereocenters. The first kappa shape index (κ1) is 20.5. The van der Waals surface area contributed by atoms with Crippen LogP contribution in [0.1, 0.15) is 29.8 Å². The molecule has 10 heteroatoms. The van der Waals surface area contributed by atoms with Gasteiger partial charge in [0.25, 0.3) is 0 Å². The number of rotatable bonds is 4. The van der Waals surface area contributed by atoms with Gasteiger partial charge in [-0.15, -0.1) is 0 Å². The molecule has 0 saturated carbocycles. The lowest BCUT2D eigenvalue weighted by molar-refractivity contribution is -0.137. The summed E-state index contributed by atoms with van der Waals surface area (Å²) >= 11 is 0. The number of alkyl halides is 3. The zero-order chi connectivity index (χ0) is 20.5. The first-order valence-corrected chi connectivity index (χ1v) is 10.2. The van der Waals surface area contributed by atoms with Gasteiger partial charge in [0.2, 0.25) is 10.0 Å². The SMILES string of the molecule is Cc1cc(C)nc(O[C@@H]2CCCN(S(=O)(=O)c3cccc(C(F)(F)F)c3)C2)n1. The average molecular weight is 415 g/mol. The Kier molecular flexibility index (Phi) is 5.62. The Morgan fingerprint density at radius 1 is 1.14 bits per heavy atom. The Hall–Kier alpha value is -2.20. The number of piperidine rings is 1. The molecular formula is C18H20F3N3O3S. The minimum absolute atomic E-state index is 0.0227. The molecule has 1 aromatic heterocycles. The van der Waals surface area contributed by atoms with E-state index in [1.807, 2.05) is 0 Å². The molecule has 1 aromatic carbocycles. The molecule has 1 atom stereocenters. The fourth-order valence-electron chi connectivity index (χ4n) is 3.10. The van der Waals surface area contributed by atoms with Crippen molar-refractivity contribution >= 4 is 10.0 Å². The van der Waals surface area contributed by atoms with Crippen LogP contribution < -0.4 is 4.74 Å². The molecule has 152 valence electrons. The van der Waals surface area contributed by atoms with Gasteiger partial charge in [0.1, 0.15) is 6.10 Å². The third-order valence-electron chi connectivity index (χ3n) is 4.37. The summed E-state index contributed by atoms with van der Waals surface area (Å²) in [7, 11) is -4.07. The number of nitrogens with zero attached hydrogens (tertiary/aromatic N) is 3. The highest BCUT2D eigenvalue weighted by molar-refractivity contribution is 7.89. The molecule has 0 bridgehead atoms. The molecule has 0 amide bonds. The molecule has 1 aliphatic heterocycles. The molecule has 3 rings (SSSR count). The zero-order valence-corrected chi connectivity index (χ0v) is 16.2. The van der Waals surface area contributed by atoms with Gasteiger partial charge in [-0.25, -0.2) is 18.4 Å². The van der Waals surface area contributed by atoms with Crippen molar-refractivity contribution in [2.75, 3.05) is 13.1 Å². The monoisotopic (exact) mass is 415 g/mol. The maximum Gasteiger partial charge on any atom is 0.416 e. The van der Waals surface area contributed by atoms with Crippen LogP contribution in [-0.4, -0.2) is 41.9 Å². The molecule has 28 heavy (non-hydrogen) atoms. The molecule has 1 saturated heterocycles. The maximum atomic E-state index is 12.9. The van der Waals surface area contributed by atoms with Crippen molar-refractivity contribution in [2.45, 2.75) is 43.9 Å². The third kappa shape index (κ3) is 4.61. The quantitative estimate of drug-likeness (QED) is 0.766. The lowest BCUT2D eigenvalue weighted by Gasteiger charge is -2.31. The number of aromatic nitrogens is 2. The minimum Gasteiger partial charge on any atom is -0.459 e. The summed E-state index contributed by atoms with van der Waals surface area (Å²) in [5, 5.41) is 0. The summed E-state index contributed by atoms with van der Waals surface area (Å²) in [6.45, 7) is 3.83. The van der Waals surface area contributed by atoms with Gasteiger partial charge in [-0.05, 0) is 51.0 Å². The van der Waals surface area contributed by atoms with Gasteiger partial charge in [-0.3, -0.25) is 0 Å². The van der Waals surface area contributed by atoms with Crippen molar-refractivity contribution < 1.29 is 26.3 Å². The number of halogens is 3. The highest BCUT2D eigenvalue weighted by atomic mass is 32.2. The third-order valence-corrected chi connectivity index (χ3v) is 6.24. The van der Waals surface area contributed by atoms with Crippen LogP contribution in [0.2, 0.25) is 0 Å². The van der Waals surface area contributed by atoms with Crippen LogP contribution in [0.5, 0.6) is 6.01 Å². The van der Waals surface area contributed by atoms with Crippen molar-refractivity contribution in [1.29, 1.82) is 0 Å². The molecule has 0 spiro atoms. The summed E-state index contributed by atoms with van der Waals surface area (Å²) in [5.41, 5.74) is 0.459. The highest BCUT2D eigenvalue weighted by Crippen LogP contribution is 2.31. The van der Waals surface area contributed by atoms with E-state index in [1.54, 1.807) is 19.9 Å². The van der Waals surface area contributed by atoms with Crippen LogP contribution in [0.4, 0.5) is 13.2 Å². The summed E-state index contributed by atoms with van der Waals surface area (Å²) in [6.07, 6.45) is -3.96. The lowest BCUT2D eigenvalue weighted by Crippen LogP contribution is -2.44. The largest absolute Gasteiger partial charge is 0.459 e. The normalized spacial score (nSPS) is 18.8. The van der Waals surface area contributed by atoms with E-state index in [1.165, 1.54) is 6.07 Å². The first-order chi connectivity index (χ1) is 13.1. The number of aryl methyl sites for hydroxylation is 2. The molecule has 0 radical (unpaired) electrons. The van der Waals surface area contributed by atoms with Crippen LogP contribution >= 0.6 is 0 Å². The predicted octanol–water partition coefficient (Wildman–Crippen LogP) is 3.34. The summed E-state index contributed by atoms with van der Waals surface area (Å²) < 4.78 is 71.4. The standard InChI is InChI=1S/C18H20F3N3O3S/c1-12-9-13(2)23-17(22-12)27-15-6-4-8-24(11-15)28(25,26)16-7-3-5-14(10-16)18(19,20)21/h3,5,7,9-10,15H,4,6,8,11H2,1-2H3/t15-/m1/s1. The summed E-state index contributed by atoms with van der Waals surface area (Å²) in [4.78, 5) is 7.99. The second-order valence-corrected chi connectivity index (χ2v) is 8.64. The molecule has 1 aliphatic rings. The number of ether oxygens (including phenoxy) is 1. The fourth-order valence-corrected chi connectivity index (χ4v) is 4.65. The van der Waals surface area contributed by atoms with Gasteiger partial charge >= 0.3 is 12.2 Å². The van der Waals surface area contributed by atoms with Crippen LogP contribution in [-0.2, 0) is 16.2 Å². The van der Waals surface area contributed by atoms with E-state index in [-0.39, 0.29) is 24.0 Å². The molecule has 2 heterocycles. The van der Waals surface area contributed by atoms with Crippen molar-refractivity contribution in [2.24, 2.45) is 0 Å². The van der Waals surface area contributed by atoms with E-state index in [0.717, 1.165) is 27.8 Å². The highest BCUT2D eigenvalue weighted by Gasteiger charge is 2.35. The molecule has 1 fully saturated rings. The van der Waals surface area contributed by atoms with Crippen LogP contribution in [0, 0.1) is 13.8 Å². The predicted molar refractivity (Wildman–Crippen MR) is 95.4 cm³/mol. The summed E-state index contributed by atoms with van der Waals surface area (Å²) in [6, 6.07) is 5.73. The molecule has 2 aromatic rings. The van der Waals surface area contributed by atoms with Crippen LogP contribution in [0.25, 0.3) is 0 Å². The number of hydrogen-bond acceptors (Lipinski definition) is 5. The second kappa shape index (κ2) is 7.67. The Bertz CT molecular complexity index is 944. The van der Waals surface area contributed by atoms with Gasteiger partial charge in [-0.2, -0.15) is 17.5 Å². The molecular weight excluding hydrogens is 395 g/mol. The van der Waals surface area contributed by atoms with E-state index in [4.69, 9.17) is 4.74 Å². The number of hydrogen-bond donors (Lipinski definition) is 0. The molecule has 6 nitrogen and oxygen atoms in total. The average Bonchev–Trinajstić information content (AvgIpc) is 2.60. The van der Waals surface area contributed by atoms with Gasteiger partial charge in [-0.1, -0.05) is 6.07 Å². The Labute approximate surface area is 161 Å². The van der Waals surface area contributed by atoms with Gasteiger partial charge in [0, 0.05) is 17.9 Å². The second-order valence-electron chi connectivity index (χ2n) is 6.70. The van der Waals surface area contributed by atoms with Crippen molar-refractivity contribution in [3.05, 3.63) is 47.3 Å². The molecule has 0 N–H and O–H groups in total. The number of benzene rings is 1. The topological polar surface area (TPSA) is 72.4 Å². The fraction of sp³-hybridized carbons (Fsp3) is 0.444. The zero-order valence-electron chi connectivity index (χ0n) is 15.4. The van der Waals surface area contributed by atoms with Crippen molar-refractivity contribution in [3.63, 3.8) is 0 Å². The van der Waals surface area contributed by atoms with Crippen molar-refractivity contribution in [1.82, 2.24) is 14.3 Å². The Morgan fingerprint density at radius 3 is 2.46 bits per heavy atom. The van der Waals surface area contributed by atoms with Crippen LogP contribution in [0.3, 0.4) is 0 Å². The Balaban J connectivity index is 1.79. The van der Waals surface area contributed by atoms with Crippen molar-refractivity contribution in [3.8, 4) is 6.01 Å². The Morgan fingerprint density at radius 2 is 1.82 bits per heavy atom. The maximum absolute atomic E-state index is 12.9. The van der Waals surface area contributed by atoms with E-state index < -0.39 is 27.9 Å². The van der Waals surface area contributed by atoms with Gasteiger partial charge in [0.05, 0.1) is 17.0 Å². The van der Waals surface area contributed by atoms with E-state index in [0.29, 0.717) is 18.9 Å². The lowest BCUT2D eigenvalue weighted by atomic mass is 10.1. The van der Waals surface area contributed by atoms with E-state index >= 15 is 0 Å².